The lowest BCUT2D eigenvalue weighted by Crippen LogP contribution is -2.02. The highest BCUT2D eigenvalue weighted by molar-refractivity contribution is 14.1. The lowest BCUT2D eigenvalue weighted by atomic mass is 10.3. The predicted octanol–water partition coefficient (Wildman–Crippen LogP) is 3.18. The van der Waals surface area contributed by atoms with Gasteiger partial charge in [-0.1, -0.05) is 0 Å². The van der Waals surface area contributed by atoms with Crippen LogP contribution in [0.15, 0.2) is 16.6 Å². The second-order valence-corrected chi connectivity index (χ2v) is 4.16. The zero-order chi connectivity index (χ0) is 9.84. The fourth-order valence-electron chi connectivity index (χ4n) is 0.759. The van der Waals surface area contributed by atoms with Crippen molar-refractivity contribution in [2.75, 3.05) is 13.9 Å². The van der Waals surface area contributed by atoms with Crippen molar-refractivity contribution in [1.82, 2.24) is 0 Å². The number of methoxy groups -OCH3 is 1. The van der Waals surface area contributed by atoms with Crippen LogP contribution in [0.1, 0.15) is 0 Å². The summed E-state index contributed by atoms with van der Waals surface area (Å²) in [5, 5.41) is 0. The van der Waals surface area contributed by atoms with Gasteiger partial charge in [0.1, 0.15) is 0 Å². The van der Waals surface area contributed by atoms with Crippen molar-refractivity contribution < 1.29 is 13.9 Å². The summed E-state index contributed by atoms with van der Waals surface area (Å²) in [5.41, 5.74) is 0. The minimum atomic E-state index is -0.385. The van der Waals surface area contributed by atoms with Crippen LogP contribution in [0.3, 0.4) is 0 Å². The molecule has 0 aromatic heterocycles. The molecule has 0 spiro atoms. The van der Waals surface area contributed by atoms with Gasteiger partial charge >= 0.3 is 0 Å². The smallest absolute Gasteiger partial charge is 0.188 e. The van der Waals surface area contributed by atoms with Gasteiger partial charge in [0, 0.05) is 11.6 Å². The molecule has 1 rings (SSSR count). The highest BCUT2D eigenvalue weighted by Crippen LogP contribution is 2.30. The first-order chi connectivity index (χ1) is 6.16. The first kappa shape index (κ1) is 11.2. The number of hydrogen-bond acceptors (Lipinski definition) is 2. The minimum absolute atomic E-state index is 0.0450. The molecule has 0 fully saturated rings. The highest BCUT2D eigenvalue weighted by atomic mass is 127. The van der Waals surface area contributed by atoms with E-state index in [2.05, 4.69) is 20.7 Å². The van der Waals surface area contributed by atoms with Crippen LogP contribution in [0.4, 0.5) is 4.39 Å². The van der Waals surface area contributed by atoms with Gasteiger partial charge in [0.2, 0.25) is 0 Å². The maximum atomic E-state index is 13.1. The van der Waals surface area contributed by atoms with Crippen LogP contribution in [0, 0.1) is 9.39 Å². The van der Waals surface area contributed by atoms with E-state index in [0.717, 1.165) is 4.47 Å². The lowest BCUT2D eigenvalue weighted by Gasteiger charge is -2.08. The van der Waals surface area contributed by atoms with E-state index in [1.165, 1.54) is 13.2 Å². The highest BCUT2D eigenvalue weighted by Gasteiger charge is 2.10. The Morgan fingerprint density at radius 2 is 2.23 bits per heavy atom. The van der Waals surface area contributed by atoms with Gasteiger partial charge in [-0.2, -0.15) is 0 Å². The summed E-state index contributed by atoms with van der Waals surface area (Å²) >= 11 is 5.28. The number of benzene rings is 1. The van der Waals surface area contributed by atoms with Crippen LogP contribution in [-0.4, -0.2) is 13.9 Å². The maximum Gasteiger partial charge on any atom is 0.188 e. The fraction of sp³-hybridized carbons (Fsp3) is 0.250. The first-order valence-electron chi connectivity index (χ1n) is 3.42. The van der Waals surface area contributed by atoms with Gasteiger partial charge in [0.25, 0.3) is 0 Å². The molecule has 0 aliphatic heterocycles. The van der Waals surface area contributed by atoms with Gasteiger partial charge in [0.15, 0.2) is 18.4 Å². The Morgan fingerprint density at radius 3 is 2.85 bits per heavy atom. The molecule has 13 heavy (non-hydrogen) atoms. The van der Waals surface area contributed by atoms with Crippen molar-refractivity contribution in [2.45, 2.75) is 0 Å². The molecule has 0 saturated carbocycles. The standard InChI is InChI=1S/C8H7BrFIO2/c1-12-4-13-8-6(10)3-2-5(9)7(8)11/h2-3H,4H2,1H3. The van der Waals surface area contributed by atoms with E-state index in [1.807, 2.05) is 22.6 Å². The predicted molar refractivity (Wildman–Crippen MR) is 59.3 cm³/mol. The summed E-state index contributed by atoms with van der Waals surface area (Å²) in [4.78, 5) is 0. The molecule has 0 saturated heterocycles. The summed E-state index contributed by atoms with van der Waals surface area (Å²) in [6.45, 7) is 0.0450. The molecule has 0 atom stereocenters. The number of halogens is 3. The molecule has 0 radical (unpaired) electrons. The van der Waals surface area contributed by atoms with E-state index in [-0.39, 0.29) is 18.4 Å². The Kier molecular flexibility index (Phi) is 4.40. The van der Waals surface area contributed by atoms with E-state index in [1.54, 1.807) is 6.07 Å². The zero-order valence-electron chi connectivity index (χ0n) is 6.81. The molecule has 1 aromatic rings. The normalized spacial score (nSPS) is 10.2. The Morgan fingerprint density at radius 1 is 1.54 bits per heavy atom. The molecule has 0 amide bonds. The Bertz CT molecular complexity index is 306. The summed E-state index contributed by atoms with van der Waals surface area (Å²) in [6.07, 6.45) is 0. The van der Waals surface area contributed by atoms with Crippen molar-refractivity contribution in [3.05, 3.63) is 26.0 Å². The Labute approximate surface area is 97.7 Å². The van der Waals surface area contributed by atoms with Gasteiger partial charge in [-0.3, -0.25) is 0 Å². The molecule has 0 aliphatic rings. The third-order valence-corrected chi connectivity index (χ3v) is 3.80. The lowest BCUT2D eigenvalue weighted by molar-refractivity contribution is 0.0476. The SMILES string of the molecule is COCOc1c(F)ccc(Br)c1I. The van der Waals surface area contributed by atoms with Gasteiger partial charge in [0.05, 0.1) is 3.57 Å². The molecule has 5 heteroatoms. The molecule has 0 unspecified atom stereocenters. The molecular weight excluding hydrogens is 354 g/mol. The molecule has 72 valence electrons. The van der Waals surface area contributed by atoms with Gasteiger partial charge < -0.3 is 9.47 Å². The average Bonchev–Trinajstić information content (AvgIpc) is 2.12. The average molecular weight is 361 g/mol. The number of hydrogen-bond donors (Lipinski definition) is 0. The monoisotopic (exact) mass is 360 g/mol. The molecule has 2 nitrogen and oxygen atoms in total. The Hall–Kier alpha value is 0.120. The summed E-state index contributed by atoms with van der Waals surface area (Å²) in [5.74, 6) is -0.165. The van der Waals surface area contributed by atoms with Gasteiger partial charge in [-0.15, -0.1) is 0 Å². The van der Waals surface area contributed by atoms with Crippen molar-refractivity contribution in [2.24, 2.45) is 0 Å². The second-order valence-electron chi connectivity index (χ2n) is 2.22. The van der Waals surface area contributed by atoms with E-state index in [9.17, 15) is 4.39 Å². The van der Waals surface area contributed by atoms with Crippen molar-refractivity contribution in [3.63, 3.8) is 0 Å². The van der Waals surface area contributed by atoms with Crippen molar-refractivity contribution in [3.8, 4) is 5.75 Å². The molecule has 1 aromatic carbocycles. The van der Waals surface area contributed by atoms with Gasteiger partial charge in [-0.25, -0.2) is 4.39 Å². The first-order valence-corrected chi connectivity index (χ1v) is 5.29. The van der Waals surface area contributed by atoms with Crippen LogP contribution in [0.2, 0.25) is 0 Å². The van der Waals surface area contributed by atoms with E-state index >= 15 is 0 Å². The van der Waals surface area contributed by atoms with Crippen LogP contribution >= 0.6 is 38.5 Å². The number of rotatable bonds is 3. The van der Waals surface area contributed by atoms with E-state index < -0.39 is 0 Å². The third-order valence-electron chi connectivity index (χ3n) is 1.32. The molecule has 0 N–H and O–H groups in total. The summed E-state index contributed by atoms with van der Waals surface area (Å²) in [7, 11) is 1.49. The largest absolute Gasteiger partial charge is 0.463 e. The van der Waals surface area contributed by atoms with Crippen LogP contribution in [0.5, 0.6) is 5.75 Å². The van der Waals surface area contributed by atoms with Gasteiger partial charge in [-0.05, 0) is 50.7 Å². The van der Waals surface area contributed by atoms with Crippen LogP contribution in [0.25, 0.3) is 0 Å². The van der Waals surface area contributed by atoms with Crippen molar-refractivity contribution >= 4 is 38.5 Å². The third kappa shape index (κ3) is 2.78. The fourth-order valence-corrected chi connectivity index (χ4v) is 1.66. The molecule has 0 bridgehead atoms. The molecular formula is C8H7BrFIO2. The quantitative estimate of drug-likeness (QED) is 0.468. The molecule has 0 aliphatic carbocycles. The Balaban J connectivity index is 2.96. The number of ether oxygens (including phenoxy) is 2. The van der Waals surface area contributed by atoms with Crippen LogP contribution in [-0.2, 0) is 4.74 Å². The minimum Gasteiger partial charge on any atom is -0.463 e. The maximum absolute atomic E-state index is 13.1. The second kappa shape index (κ2) is 5.11. The van der Waals surface area contributed by atoms with Crippen molar-refractivity contribution in [1.29, 1.82) is 0 Å². The van der Waals surface area contributed by atoms with E-state index in [4.69, 9.17) is 4.74 Å². The molecule has 0 heterocycles. The summed E-state index contributed by atoms with van der Waals surface area (Å²) < 4.78 is 24.4. The summed E-state index contributed by atoms with van der Waals surface area (Å²) in [6, 6.07) is 2.98. The van der Waals surface area contributed by atoms with E-state index in [0.29, 0.717) is 3.57 Å². The zero-order valence-corrected chi connectivity index (χ0v) is 10.6. The van der Waals surface area contributed by atoms with Crippen LogP contribution < -0.4 is 4.74 Å². The topological polar surface area (TPSA) is 18.5 Å².